The normalized spacial score (nSPS) is 29.2. The highest BCUT2D eigenvalue weighted by Gasteiger charge is 2.39. The van der Waals surface area contributed by atoms with E-state index in [0.29, 0.717) is 12.6 Å². The fraction of sp³-hybridized carbons (Fsp3) is 0.923. The summed E-state index contributed by atoms with van der Waals surface area (Å²) in [6, 6.07) is 0.314. The monoisotopic (exact) mass is 256 g/mol. The fourth-order valence-corrected chi connectivity index (χ4v) is 2.79. The minimum absolute atomic E-state index is 0.00244. The van der Waals surface area contributed by atoms with Gasteiger partial charge in [0.25, 0.3) is 0 Å². The summed E-state index contributed by atoms with van der Waals surface area (Å²) < 4.78 is 5.42. The maximum Gasteiger partial charge on any atom is 0.410 e. The lowest BCUT2D eigenvalue weighted by molar-refractivity contribution is -0.0193. The molecule has 104 valence electrons. The molecule has 1 N–H and O–H groups in total. The van der Waals surface area contributed by atoms with Crippen LogP contribution in [0.2, 0.25) is 0 Å². The molecule has 0 aliphatic carbocycles. The second-order valence-corrected chi connectivity index (χ2v) is 6.26. The minimum atomic E-state index is -0.482. The third-order valence-electron chi connectivity index (χ3n) is 3.63. The van der Waals surface area contributed by atoms with Crippen molar-refractivity contribution in [3.63, 3.8) is 0 Å². The molecule has 0 aromatic carbocycles. The van der Waals surface area contributed by atoms with E-state index in [1.165, 1.54) is 6.42 Å². The predicted molar refractivity (Wildman–Crippen MR) is 68.4 cm³/mol. The van der Waals surface area contributed by atoms with E-state index in [1.54, 1.807) is 4.90 Å². The summed E-state index contributed by atoms with van der Waals surface area (Å²) in [4.78, 5) is 16.2. The van der Waals surface area contributed by atoms with Crippen LogP contribution in [0.1, 0.15) is 33.6 Å². The van der Waals surface area contributed by atoms with Crippen molar-refractivity contribution in [3.05, 3.63) is 0 Å². The molecule has 2 saturated heterocycles. The number of hydrogen-bond donors (Lipinski definition) is 1. The lowest BCUT2D eigenvalue weighted by Gasteiger charge is -2.43. The number of rotatable bonds is 1. The maximum absolute atomic E-state index is 12.1. The van der Waals surface area contributed by atoms with E-state index in [9.17, 15) is 9.90 Å². The van der Waals surface area contributed by atoms with Gasteiger partial charge in [-0.3, -0.25) is 4.90 Å². The summed E-state index contributed by atoms with van der Waals surface area (Å²) in [5.74, 6) is 0. The Morgan fingerprint density at radius 2 is 2.11 bits per heavy atom. The highest BCUT2D eigenvalue weighted by atomic mass is 16.6. The smallest absolute Gasteiger partial charge is 0.410 e. The second-order valence-electron chi connectivity index (χ2n) is 6.26. The molecule has 0 saturated carbocycles. The van der Waals surface area contributed by atoms with E-state index in [2.05, 4.69) is 4.90 Å². The Morgan fingerprint density at radius 3 is 2.72 bits per heavy atom. The van der Waals surface area contributed by atoms with Crippen molar-refractivity contribution in [2.45, 2.75) is 51.3 Å². The van der Waals surface area contributed by atoms with Gasteiger partial charge >= 0.3 is 6.09 Å². The summed E-state index contributed by atoms with van der Waals surface area (Å²) in [6.07, 6.45) is 2.02. The van der Waals surface area contributed by atoms with Gasteiger partial charge in [-0.15, -0.1) is 0 Å². The molecule has 18 heavy (non-hydrogen) atoms. The molecule has 1 unspecified atom stereocenters. The number of aliphatic hydroxyl groups excluding tert-OH is 1. The Labute approximate surface area is 109 Å². The number of nitrogens with zero attached hydrogens (tertiary/aromatic N) is 2. The first-order valence-corrected chi connectivity index (χ1v) is 6.75. The van der Waals surface area contributed by atoms with Crippen molar-refractivity contribution >= 4 is 6.09 Å². The molecule has 0 aromatic rings. The zero-order chi connectivity index (χ0) is 13.3. The molecule has 0 spiro atoms. The van der Waals surface area contributed by atoms with Crippen LogP contribution >= 0.6 is 0 Å². The number of amides is 1. The van der Waals surface area contributed by atoms with E-state index >= 15 is 0 Å². The van der Waals surface area contributed by atoms with Gasteiger partial charge in [0.1, 0.15) is 5.60 Å². The van der Waals surface area contributed by atoms with Gasteiger partial charge in [0.05, 0.1) is 12.6 Å². The number of hydrogen-bond acceptors (Lipinski definition) is 4. The second kappa shape index (κ2) is 5.05. The molecule has 2 aliphatic heterocycles. The third kappa shape index (κ3) is 2.95. The summed E-state index contributed by atoms with van der Waals surface area (Å²) in [5.41, 5.74) is -0.482. The molecular formula is C13H24N2O3. The Morgan fingerprint density at radius 1 is 1.39 bits per heavy atom. The van der Waals surface area contributed by atoms with Crippen molar-refractivity contribution in [1.29, 1.82) is 0 Å². The fourth-order valence-electron chi connectivity index (χ4n) is 2.79. The van der Waals surface area contributed by atoms with E-state index in [0.717, 1.165) is 19.5 Å². The average Bonchev–Trinajstić information content (AvgIpc) is 2.71. The molecule has 0 bridgehead atoms. The number of fused-ring (bicyclic) bond motifs is 1. The molecule has 2 fully saturated rings. The van der Waals surface area contributed by atoms with E-state index in [4.69, 9.17) is 4.74 Å². The first-order chi connectivity index (χ1) is 8.40. The van der Waals surface area contributed by atoms with Crippen LogP contribution in [0.25, 0.3) is 0 Å². The quantitative estimate of drug-likeness (QED) is 0.762. The standard InChI is InChI=1S/C13H24N2O3/c1-13(2,3)18-12(17)15-8-10-5-4-6-14(10)7-11(15)9-16/h10-11,16H,4-9H2,1-3H3/t10-,11?/m0/s1. The molecule has 0 radical (unpaired) electrons. The highest BCUT2D eigenvalue weighted by molar-refractivity contribution is 5.69. The SMILES string of the molecule is CC(C)(C)OC(=O)N1C[C@@H]2CCCN2CC1CO. The number of carbonyl (C=O) groups is 1. The van der Waals surface area contributed by atoms with Gasteiger partial charge < -0.3 is 14.7 Å². The topological polar surface area (TPSA) is 53.0 Å². The van der Waals surface area contributed by atoms with Gasteiger partial charge in [-0.2, -0.15) is 0 Å². The van der Waals surface area contributed by atoms with Crippen LogP contribution in [-0.4, -0.2) is 64.9 Å². The first kappa shape index (κ1) is 13.6. The molecule has 1 amide bonds. The third-order valence-corrected chi connectivity index (χ3v) is 3.63. The van der Waals surface area contributed by atoms with E-state index < -0.39 is 5.60 Å². The van der Waals surface area contributed by atoms with Crippen LogP contribution in [0.15, 0.2) is 0 Å². The maximum atomic E-state index is 12.1. The Bertz CT molecular complexity index is 314. The van der Waals surface area contributed by atoms with Crippen LogP contribution < -0.4 is 0 Å². The zero-order valence-electron chi connectivity index (χ0n) is 11.6. The van der Waals surface area contributed by atoms with Gasteiger partial charge in [0, 0.05) is 19.1 Å². The number of ether oxygens (including phenoxy) is 1. The largest absolute Gasteiger partial charge is 0.444 e. The zero-order valence-corrected chi connectivity index (χ0v) is 11.6. The summed E-state index contributed by atoms with van der Waals surface area (Å²) in [5, 5.41) is 9.45. The molecule has 5 heteroatoms. The van der Waals surface area contributed by atoms with Crippen molar-refractivity contribution in [2.24, 2.45) is 0 Å². The lowest BCUT2D eigenvalue weighted by Crippen LogP contribution is -2.59. The molecule has 2 aliphatic rings. The number of piperazine rings is 1. The van der Waals surface area contributed by atoms with Crippen molar-refractivity contribution in [3.8, 4) is 0 Å². The van der Waals surface area contributed by atoms with Gasteiger partial charge in [0.15, 0.2) is 0 Å². The Kier molecular flexibility index (Phi) is 3.82. The van der Waals surface area contributed by atoms with E-state index in [-0.39, 0.29) is 18.7 Å². The highest BCUT2D eigenvalue weighted by Crippen LogP contribution is 2.25. The van der Waals surface area contributed by atoms with Gasteiger partial charge in [-0.05, 0) is 40.2 Å². The molecule has 0 aromatic heterocycles. The van der Waals surface area contributed by atoms with Crippen LogP contribution in [0, 0.1) is 0 Å². The van der Waals surface area contributed by atoms with Gasteiger partial charge in [0.2, 0.25) is 0 Å². The molecule has 2 rings (SSSR count). The number of aliphatic hydroxyl groups is 1. The minimum Gasteiger partial charge on any atom is -0.444 e. The summed E-state index contributed by atoms with van der Waals surface area (Å²) >= 11 is 0. The van der Waals surface area contributed by atoms with Crippen LogP contribution in [0.3, 0.4) is 0 Å². The number of carbonyl (C=O) groups excluding carboxylic acids is 1. The van der Waals surface area contributed by atoms with E-state index in [1.807, 2.05) is 20.8 Å². The first-order valence-electron chi connectivity index (χ1n) is 6.75. The van der Waals surface area contributed by atoms with Crippen molar-refractivity contribution in [1.82, 2.24) is 9.80 Å². The molecule has 5 nitrogen and oxygen atoms in total. The van der Waals surface area contributed by atoms with Gasteiger partial charge in [-0.25, -0.2) is 4.79 Å². The molecule has 2 heterocycles. The summed E-state index contributed by atoms with van der Waals surface area (Å²) in [7, 11) is 0. The van der Waals surface area contributed by atoms with Gasteiger partial charge in [-0.1, -0.05) is 0 Å². The van der Waals surface area contributed by atoms with Crippen LogP contribution in [0.4, 0.5) is 4.79 Å². The lowest BCUT2D eigenvalue weighted by atomic mass is 10.1. The Hall–Kier alpha value is -0.810. The molecular weight excluding hydrogens is 232 g/mol. The van der Waals surface area contributed by atoms with Crippen molar-refractivity contribution in [2.75, 3.05) is 26.2 Å². The van der Waals surface area contributed by atoms with Crippen LogP contribution in [0.5, 0.6) is 0 Å². The summed E-state index contributed by atoms with van der Waals surface area (Å²) in [6.45, 7) is 8.13. The average molecular weight is 256 g/mol. The molecule has 2 atom stereocenters. The predicted octanol–water partition coefficient (Wildman–Crippen LogP) is 1.06. The van der Waals surface area contributed by atoms with Crippen LogP contribution in [-0.2, 0) is 4.74 Å². The Balaban J connectivity index is 2.03. The van der Waals surface area contributed by atoms with Crippen molar-refractivity contribution < 1.29 is 14.6 Å².